The first-order valence-electron chi connectivity index (χ1n) is 6.07. The van der Waals surface area contributed by atoms with Gasteiger partial charge in [0.1, 0.15) is 5.75 Å². The molecule has 0 spiro atoms. The van der Waals surface area contributed by atoms with E-state index in [4.69, 9.17) is 9.47 Å². The van der Waals surface area contributed by atoms with Gasteiger partial charge in [-0.25, -0.2) is 0 Å². The number of rotatable bonds is 8. The second-order valence-electron chi connectivity index (χ2n) is 4.31. The summed E-state index contributed by atoms with van der Waals surface area (Å²) >= 11 is 4.23. The molecule has 17 heavy (non-hydrogen) atoms. The first-order chi connectivity index (χ1) is 8.26. The summed E-state index contributed by atoms with van der Waals surface area (Å²) in [6.45, 7) is 3.71. The zero-order chi connectivity index (χ0) is 12.5. The van der Waals surface area contributed by atoms with E-state index in [2.05, 4.69) is 25.6 Å². The van der Waals surface area contributed by atoms with Crippen LogP contribution in [0.2, 0.25) is 0 Å². The van der Waals surface area contributed by atoms with Gasteiger partial charge < -0.3 is 9.47 Å². The Morgan fingerprint density at radius 2 is 2.12 bits per heavy atom. The minimum Gasteiger partial charge on any atom is -0.497 e. The quantitative estimate of drug-likeness (QED) is 0.565. The molecule has 0 aliphatic rings. The summed E-state index contributed by atoms with van der Waals surface area (Å²) in [6, 6.07) is 8.00. The summed E-state index contributed by atoms with van der Waals surface area (Å²) in [4.78, 5) is 0. The molecule has 1 aromatic rings. The predicted octanol–water partition coefficient (Wildman–Crippen LogP) is 3.56. The standard InChI is InChI=1S/C14H22O2S/c1-12(7-9-17)6-8-16-11-13-4-3-5-14(10-13)15-2/h3-5,10,12,17H,6-9,11H2,1-2H3. The summed E-state index contributed by atoms with van der Waals surface area (Å²) in [5.41, 5.74) is 1.16. The Morgan fingerprint density at radius 1 is 1.29 bits per heavy atom. The average molecular weight is 254 g/mol. The van der Waals surface area contributed by atoms with Crippen LogP contribution in [0.25, 0.3) is 0 Å². The zero-order valence-corrected chi connectivity index (χ0v) is 11.6. The minimum absolute atomic E-state index is 0.658. The Hall–Kier alpha value is -0.670. The third kappa shape index (κ3) is 5.99. The summed E-state index contributed by atoms with van der Waals surface area (Å²) in [5, 5.41) is 0. The molecule has 0 aromatic heterocycles. The largest absolute Gasteiger partial charge is 0.497 e. The van der Waals surface area contributed by atoms with Crippen LogP contribution in [0, 0.1) is 5.92 Å². The van der Waals surface area contributed by atoms with Gasteiger partial charge in [0.05, 0.1) is 13.7 Å². The van der Waals surface area contributed by atoms with Crippen LogP contribution in [0.15, 0.2) is 24.3 Å². The maximum atomic E-state index is 5.66. The van der Waals surface area contributed by atoms with Gasteiger partial charge in [0, 0.05) is 6.61 Å². The Labute approximate surface area is 110 Å². The fourth-order valence-corrected chi connectivity index (χ4v) is 2.04. The van der Waals surface area contributed by atoms with E-state index in [1.165, 1.54) is 0 Å². The highest BCUT2D eigenvalue weighted by atomic mass is 32.1. The molecule has 1 atom stereocenters. The molecule has 2 nitrogen and oxygen atoms in total. The van der Waals surface area contributed by atoms with Gasteiger partial charge in [-0.15, -0.1) is 0 Å². The van der Waals surface area contributed by atoms with Gasteiger partial charge in [-0.1, -0.05) is 19.1 Å². The lowest BCUT2D eigenvalue weighted by atomic mass is 10.1. The molecule has 0 fully saturated rings. The molecule has 1 aromatic carbocycles. The van der Waals surface area contributed by atoms with Crippen molar-refractivity contribution in [2.75, 3.05) is 19.5 Å². The molecule has 0 saturated carbocycles. The highest BCUT2D eigenvalue weighted by molar-refractivity contribution is 7.80. The molecule has 0 heterocycles. The lowest BCUT2D eigenvalue weighted by molar-refractivity contribution is 0.108. The second kappa shape index (κ2) is 8.43. The SMILES string of the molecule is COc1cccc(COCCC(C)CCS)c1. The lowest BCUT2D eigenvalue weighted by Crippen LogP contribution is -2.03. The number of methoxy groups -OCH3 is 1. The van der Waals surface area contributed by atoms with Crippen LogP contribution in [0.1, 0.15) is 25.3 Å². The first-order valence-corrected chi connectivity index (χ1v) is 6.71. The smallest absolute Gasteiger partial charge is 0.119 e. The molecule has 0 bridgehead atoms. The predicted molar refractivity (Wildman–Crippen MR) is 74.9 cm³/mol. The summed E-state index contributed by atoms with van der Waals surface area (Å²) in [5.74, 6) is 2.53. The second-order valence-corrected chi connectivity index (χ2v) is 4.76. The van der Waals surface area contributed by atoms with Crippen molar-refractivity contribution in [3.8, 4) is 5.75 Å². The van der Waals surface area contributed by atoms with Gasteiger partial charge >= 0.3 is 0 Å². The van der Waals surface area contributed by atoms with E-state index in [0.29, 0.717) is 12.5 Å². The fourth-order valence-electron chi connectivity index (χ4n) is 1.60. The molecule has 0 radical (unpaired) electrons. The topological polar surface area (TPSA) is 18.5 Å². The third-order valence-electron chi connectivity index (χ3n) is 2.78. The summed E-state index contributed by atoms with van der Waals surface area (Å²) in [7, 11) is 1.68. The summed E-state index contributed by atoms with van der Waals surface area (Å²) < 4.78 is 10.8. The number of thiol groups is 1. The van der Waals surface area contributed by atoms with Crippen molar-refractivity contribution in [2.45, 2.75) is 26.4 Å². The van der Waals surface area contributed by atoms with E-state index >= 15 is 0 Å². The fraction of sp³-hybridized carbons (Fsp3) is 0.571. The molecular formula is C14H22O2S. The van der Waals surface area contributed by atoms with E-state index in [1.807, 2.05) is 18.2 Å². The van der Waals surface area contributed by atoms with E-state index in [1.54, 1.807) is 7.11 Å². The molecule has 1 unspecified atom stereocenters. The average Bonchev–Trinajstić information content (AvgIpc) is 2.35. The number of ether oxygens (including phenoxy) is 2. The third-order valence-corrected chi connectivity index (χ3v) is 3.04. The molecule has 0 amide bonds. The highest BCUT2D eigenvalue weighted by Gasteiger charge is 2.01. The molecule has 0 saturated heterocycles. The van der Waals surface area contributed by atoms with Crippen molar-refractivity contribution in [1.82, 2.24) is 0 Å². The maximum Gasteiger partial charge on any atom is 0.119 e. The van der Waals surface area contributed by atoms with Gasteiger partial charge in [0.2, 0.25) is 0 Å². The molecule has 0 aliphatic heterocycles. The Kier molecular flexibility index (Phi) is 7.13. The van der Waals surface area contributed by atoms with Crippen LogP contribution in [-0.4, -0.2) is 19.5 Å². The van der Waals surface area contributed by atoms with Crippen LogP contribution in [-0.2, 0) is 11.3 Å². The van der Waals surface area contributed by atoms with Gasteiger partial charge in [0.15, 0.2) is 0 Å². The van der Waals surface area contributed by atoms with E-state index in [0.717, 1.165) is 36.5 Å². The Bertz CT molecular complexity index is 315. The molecule has 3 heteroatoms. The van der Waals surface area contributed by atoms with Crippen molar-refractivity contribution in [1.29, 1.82) is 0 Å². The Morgan fingerprint density at radius 3 is 2.82 bits per heavy atom. The van der Waals surface area contributed by atoms with Crippen LogP contribution in [0.5, 0.6) is 5.75 Å². The van der Waals surface area contributed by atoms with Crippen LogP contribution in [0.4, 0.5) is 0 Å². The number of hydrogen-bond donors (Lipinski definition) is 1. The first kappa shape index (κ1) is 14.4. The van der Waals surface area contributed by atoms with Gasteiger partial charge in [-0.2, -0.15) is 12.6 Å². The highest BCUT2D eigenvalue weighted by Crippen LogP contribution is 2.14. The number of hydrogen-bond acceptors (Lipinski definition) is 3. The summed E-state index contributed by atoms with van der Waals surface area (Å²) in [6.07, 6.45) is 2.26. The van der Waals surface area contributed by atoms with Crippen LogP contribution in [0.3, 0.4) is 0 Å². The van der Waals surface area contributed by atoms with Crippen molar-refractivity contribution >= 4 is 12.6 Å². The monoisotopic (exact) mass is 254 g/mol. The lowest BCUT2D eigenvalue weighted by Gasteiger charge is -2.10. The number of benzene rings is 1. The van der Waals surface area contributed by atoms with Crippen molar-refractivity contribution in [2.24, 2.45) is 5.92 Å². The Balaban J connectivity index is 2.21. The van der Waals surface area contributed by atoms with Crippen molar-refractivity contribution in [3.63, 3.8) is 0 Å². The normalized spacial score (nSPS) is 12.4. The van der Waals surface area contributed by atoms with Crippen LogP contribution < -0.4 is 4.74 Å². The van der Waals surface area contributed by atoms with E-state index < -0.39 is 0 Å². The minimum atomic E-state index is 0.658. The molecule has 0 N–H and O–H groups in total. The van der Waals surface area contributed by atoms with E-state index in [9.17, 15) is 0 Å². The van der Waals surface area contributed by atoms with Crippen LogP contribution >= 0.6 is 12.6 Å². The molecule has 96 valence electrons. The van der Waals surface area contributed by atoms with Crippen molar-refractivity contribution < 1.29 is 9.47 Å². The zero-order valence-electron chi connectivity index (χ0n) is 10.7. The van der Waals surface area contributed by atoms with Gasteiger partial charge in [-0.05, 0) is 42.2 Å². The molecular weight excluding hydrogens is 232 g/mol. The van der Waals surface area contributed by atoms with Gasteiger partial charge in [-0.3, -0.25) is 0 Å². The van der Waals surface area contributed by atoms with Crippen molar-refractivity contribution in [3.05, 3.63) is 29.8 Å². The molecule has 1 rings (SSSR count). The maximum absolute atomic E-state index is 5.66. The molecule has 0 aliphatic carbocycles. The van der Waals surface area contributed by atoms with Gasteiger partial charge in [0.25, 0.3) is 0 Å². The van der Waals surface area contributed by atoms with E-state index in [-0.39, 0.29) is 0 Å².